The van der Waals surface area contributed by atoms with Gasteiger partial charge in [-0.1, -0.05) is 55.1 Å². The summed E-state index contributed by atoms with van der Waals surface area (Å²) in [5.41, 5.74) is 4.51. The van der Waals surface area contributed by atoms with Gasteiger partial charge in [-0.05, 0) is 35.3 Å². The van der Waals surface area contributed by atoms with Crippen LogP contribution >= 0.6 is 0 Å². The zero-order chi connectivity index (χ0) is 12.8. The number of aliphatic imine (C=N–C) groups is 1. The molecule has 0 unspecified atom stereocenters. The number of benzene rings is 1. The highest BCUT2D eigenvalue weighted by Crippen LogP contribution is 2.22. The van der Waals surface area contributed by atoms with Gasteiger partial charge < -0.3 is 0 Å². The number of rotatable bonds is 3. The molecule has 18 heavy (non-hydrogen) atoms. The predicted octanol–water partition coefficient (Wildman–Crippen LogP) is 4.21. The largest absolute Gasteiger partial charge is 0.288 e. The van der Waals surface area contributed by atoms with Crippen LogP contribution in [0.1, 0.15) is 12.0 Å². The molecule has 1 heteroatoms. The van der Waals surface area contributed by atoms with Crippen LogP contribution < -0.4 is 0 Å². The molecular weight excluding hydrogens is 218 g/mol. The van der Waals surface area contributed by atoms with Crippen LogP contribution in [0.4, 0.5) is 0 Å². The van der Waals surface area contributed by atoms with Crippen LogP contribution in [0.25, 0.3) is 5.57 Å². The van der Waals surface area contributed by atoms with Crippen molar-refractivity contribution in [1.82, 2.24) is 0 Å². The molecule has 2 rings (SSSR count). The van der Waals surface area contributed by atoms with Gasteiger partial charge in [0.25, 0.3) is 0 Å². The normalized spacial score (nSPS) is 15.7. The van der Waals surface area contributed by atoms with Crippen molar-refractivity contribution in [2.24, 2.45) is 4.99 Å². The van der Waals surface area contributed by atoms with E-state index in [-0.39, 0.29) is 0 Å². The molecule has 1 aromatic rings. The van der Waals surface area contributed by atoms with E-state index in [0.717, 1.165) is 17.7 Å². The summed E-state index contributed by atoms with van der Waals surface area (Å²) in [6.45, 7) is 3.81. The molecule has 0 bridgehead atoms. The van der Waals surface area contributed by atoms with Gasteiger partial charge in [0.2, 0.25) is 0 Å². The molecular formula is C17H17N. The van der Waals surface area contributed by atoms with Gasteiger partial charge in [0.1, 0.15) is 0 Å². The van der Waals surface area contributed by atoms with E-state index in [1.807, 2.05) is 6.07 Å². The standard InChI is InChI=1S/C17H17N/c1-3-17(18-2)16-12-8-7-11-15(13-16)14-9-5-4-6-10-14/h3-6,8-13H,1,7H2,2H3. The molecule has 0 radical (unpaired) electrons. The molecule has 0 aliphatic heterocycles. The Morgan fingerprint density at radius 2 is 2.06 bits per heavy atom. The summed E-state index contributed by atoms with van der Waals surface area (Å²) >= 11 is 0. The van der Waals surface area contributed by atoms with Crippen LogP contribution in [0.2, 0.25) is 0 Å². The van der Waals surface area contributed by atoms with Gasteiger partial charge in [0.15, 0.2) is 0 Å². The molecule has 0 spiro atoms. The number of allylic oxidation sites excluding steroid dienone is 7. The quantitative estimate of drug-likeness (QED) is 0.696. The first-order valence-corrected chi connectivity index (χ1v) is 6.08. The highest BCUT2D eigenvalue weighted by molar-refractivity contribution is 6.11. The van der Waals surface area contributed by atoms with Crippen LogP contribution in [0.3, 0.4) is 0 Å². The number of nitrogens with zero attached hydrogens (tertiary/aromatic N) is 1. The summed E-state index contributed by atoms with van der Waals surface area (Å²) in [6, 6.07) is 10.4. The minimum absolute atomic E-state index is 0.926. The van der Waals surface area contributed by atoms with Crippen LogP contribution in [0, 0.1) is 0 Å². The van der Waals surface area contributed by atoms with E-state index in [0.29, 0.717) is 0 Å². The van der Waals surface area contributed by atoms with Gasteiger partial charge in [-0.3, -0.25) is 4.99 Å². The van der Waals surface area contributed by atoms with Crippen LogP contribution in [0.15, 0.2) is 77.9 Å². The fourth-order valence-electron chi connectivity index (χ4n) is 1.99. The third kappa shape index (κ3) is 2.75. The van der Waals surface area contributed by atoms with Crippen LogP contribution in [0.5, 0.6) is 0 Å². The van der Waals surface area contributed by atoms with Crippen molar-refractivity contribution in [3.63, 3.8) is 0 Å². The Morgan fingerprint density at radius 3 is 2.72 bits per heavy atom. The minimum atomic E-state index is 0.926. The first kappa shape index (κ1) is 12.3. The Balaban J connectivity index is 2.41. The topological polar surface area (TPSA) is 12.4 Å². The van der Waals surface area contributed by atoms with Crippen LogP contribution in [-0.4, -0.2) is 12.8 Å². The summed E-state index contributed by atoms with van der Waals surface area (Å²) in [5.74, 6) is 0. The van der Waals surface area contributed by atoms with Gasteiger partial charge in [-0.25, -0.2) is 0 Å². The first-order valence-electron chi connectivity index (χ1n) is 6.08. The summed E-state index contributed by atoms with van der Waals surface area (Å²) in [4.78, 5) is 4.25. The summed E-state index contributed by atoms with van der Waals surface area (Å²) in [6.07, 6.45) is 11.4. The highest BCUT2D eigenvalue weighted by atomic mass is 14.7. The van der Waals surface area contributed by atoms with Crippen molar-refractivity contribution < 1.29 is 0 Å². The maximum atomic E-state index is 4.25. The second-order valence-electron chi connectivity index (χ2n) is 4.08. The van der Waals surface area contributed by atoms with Gasteiger partial charge in [-0.2, -0.15) is 0 Å². The van der Waals surface area contributed by atoms with Gasteiger partial charge in [-0.15, -0.1) is 0 Å². The van der Waals surface area contributed by atoms with Gasteiger partial charge in [0.05, 0.1) is 5.71 Å². The van der Waals surface area contributed by atoms with Crippen molar-refractivity contribution in [1.29, 1.82) is 0 Å². The van der Waals surface area contributed by atoms with E-state index in [9.17, 15) is 0 Å². The van der Waals surface area contributed by atoms with Crippen molar-refractivity contribution in [2.45, 2.75) is 6.42 Å². The molecule has 90 valence electrons. The molecule has 1 nitrogen and oxygen atoms in total. The molecule has 1 aliphatic rings. The molecule has 0 saturated carbocycles. The lowest BCUT2D eigenvalue weighted by atomic mass is 10.0. The Labute approximate surface area is 109 Å². The molecule has 0 N–H and O–H groups in total. The Kier molecular flexibility index (Phi) is 4.08. The Bertz CT molecular complexity index is 542. The molecule has 1 aromatic carbocycles. The van der Waals surface area contributed by atoms with E-state index in [1.54, 1.807) is 13.1 Å². The summed E-state index contributed by atoms with van der Waals surface area (Å²) < 4.78 is 0. The van der Waals surface area contributed by atoms with Crippen LogP contribution in [-0.2, 0) is 0 Å². The first-order chi connectivity index (χ1) is 8.85. The summed E-state index contributed by atoms with van der Waals surface area (Å²) in [5, 5.41) is 0. The second-order valence-corrected chi connectivity index (χ2v) is 4.08. The summed E-state index contributed by atoms with van der Waals surface area (Å²) in [7, 11) is 1.79. The van der Waals surface area contributed by atoms with Gasteiger partial charge in [0, 0.05) is 7.05 Å². The molecule has 0 atom stereocenters. The Hall–Kier alpha value is -2.15. The average molecular weight is 235 g/mol. The molecule has 1 aliphatic carbocycles. The molecule has 0 heterocycles. The van der Waals surface area contributed by atoms with Crippen molar-refractivity contribution in [2.75, 3.05) is 7.05 Å². The van der Waals surface area contributed by atoms with E-state index >= 15 is 0 Å². The predicted molar refractivity (Wildman–Crippen MR) is 79.8 cm³/mol. The van der Waals surface area contributed by atoms with E-state index in [1.165, 1.54) is 11.1 Å². The van der Waals surface area contributed by atoms with Gasteiger partial charge >= 0.3 is 0 Å². The van der Waals surface area contributed by atoms with E-state index < -0.39 is 0 Å². The highest BCUT2D eigenvalue weighted by Gasteiger charge is 2.05. The fourth-order valence-corrected chi connectivity index (χ4v) is 1.99. The maximum absolute atomic E-state index is 4.25. The average Bonchev–Trinajstić information content (AvgIpc) is 2.67. The third-order valence-corrected chi connectivity index (χ3v) is 2.92. The Morgan fingerprint density at radius 1 is 1.28 bits per heavy atom. The third-order valence-electron chi connectivity index (χ3n) is 2.92. The zero-order valence-corrected chi connectivity index (χ0v) is 10.6. The number of hydrogen-bond donors (Lipinski definition) is 0. The van der Waals surface area contributed by atoms with E-state index in [2.05, 4.69) is 60.1 Å². The number of hydrogen-bond acceptors (Lipinski definition) is 1. The lowest BCUT2D eigenvalue weighted by molar-refractivity contribution is 1.40. The maximum Gasteiger partial charge on any atom is 0.0637 e. The van der Waals surface area contributed by atoms with Crippen molar-refractivity contribution in [3.05, 3.63) is 78.4 Å². The monoisotopic (exact) mass is 235 g/mol. The fraction of sp³-hybridized carbons (Fsp3) is 0.118. The molecule has 0 fully saturated rings. The SMILES string of the molecule is C=CC(=NC)C1=CC(c2ccccc2)=CCC=C1. The van der Waals surface area contributed by atoms with Crippen molar-refractivity contribution in [3.8, 4) is 0 Å². The minimum Gasteiger partial charge on any atom is -0.288 e. The smallest absolute Gasteiger partial charge is 0.0637 e. The van der Waals surface area contributed by atoms with Crippen molar-refractivity contribution >= 4 is 11.3 Å². The lowest BCUT2D eigenvalue weighted by Crippen LogP contribution is -1.96. The lowest BCUT2D eigenvalue weighted by Gasteiger charge is -2.05. The molecule has 0 saturated heterocycles. The molecule has 0 amide bonds. The second kappa shape index (κ2) is 5.97. The van der Waals surface area contributed by atoms with E-state index in [4.69, 9.17) is 0 Å². The zero-order valence-electron chi connectivity index (χ0n) is 10.6. The molecule has 0 aromatic heterocycles.